The van der Waals surface area contributed by atoms with E-state index in [1.165, 1.54) is 33.4 Å². The smallest absolute Gasteiger partial charge is 0.324 e. The van der Waals surface area contributed by atoms with Crippen LogP contribution in [0.1, 0.15) is 13.2 Å². The van der Waals surface area contributed by atoms with Crippen LogP contribution in [-0.4, -0.2) is 92.3 Å². The number of anilines is 2. The van der Waals surface area contributed by atoms with E-state index in [2.05, 4.69) is 30.9 Å². The van der Waals surface area contributed by atoms with Crippen molar-refractivity contribution < 1.29 is 33.0 Å². The Labute approximate surface area is 222 Å². The van der Waals surface area contributed by atoms with Gasteiger partial charge in [0.25, 0.3) is 5.91 Å². The average molecular weight is 559 g/mol. The van der Waals surface area contributed by atoms with Gasteiger partial charge in [0.05, 0.1) is 11.2 Å². The van der Waals surface area contributed by atoms with Gasteiger partial charge in [-0.2, -0.15) is 4.31 Å². The predicted octanol–water partition coefficient (Wildman–Crippen LogP) is -0.214. The number of nitrogens with one attached hydrogen (secondary N) is 3. The number of urea groups is 1. The van der Waals surface area contributed by atoms with Gasteiger partial charge in [-0.1, -0.05) is 18.2 Å². The van der Waals surface area contributed by atoms with Crippen molar-refractivity contribution in [2.75, 3.05) is 30.3 Å². The van der Waals surface area contributed by atoms with Crippen LogP contribution >= 0.6 is 0 Å². The fourth-order valence-corrected chi connectivity index (χ4v) is 5.71. The maximum Gasteiger partial charge on any atom is 0.324 e. The molecule has 2 aliphatic heterocycles. The third-order valence-electron chi connectivity index (χ3n) is 6.23. The van der Waals surface area contributed by atoms with Crippen LogP contribution in [0.25, 0.3) is 11.2 Å². The molecule has 39 heavy (non-hydrogen) atoms. The molecular weight excluding hydrogens is 532 g/mol. The van der Waals surface area contributed by atoms with E-state index < -0.39 is 46.5 Å². The number of hydrogen-bond acceptors (Lipinski definition) is 10. The molecule has 2 aromatic heterocycles. The van der Waals surface area contributed by atoms with Crippen LogP contribution in [0.2, 0.25) is 0 Å². The number of carbonyl (C=O) groups is 2. The van der Waals surface area contributed by atoms with Crippen LogP contribution in [0.5, 0.6) is 0 Å². The highest BCUT2D eigenvalue weighted by Crippen LogP contribution is 2.32. The minimum Gasteiger partial charge on any atom is -0.387 e. The van der Waals surface area contributed by atoms with E-state index in [0.717, 1.165) is 6.33 Å². The number of nitrogens with zero attached hydrogens (tertiary/aromatic N) is 5. The standard InChI is InChI=1S/C23H26N8O7S/c1-2-24-21(34)18-16(32)17(33)22(38-18)31-12-27-15-19(25-11-26-20(15)31)29-23(35)28-13-6-5-7-14(10-13)39(36,37)30-8-3-4-9-30/h3-7,10-12,16-18,22,32-33H,2,8-9H2,1H3,(H,24,34)(H2,25,26,28,29,35)/t16?,17?,18-,22?/m0/s1. The number of sulfonamides is 1. The summed E-state index contributed by atoms with van der Waals surface area (Å²) in [7, 11) is -3.72. The van der Waals surface area contributed by atoms with Gasteiger partial charge < -0.3 is 25.6 Å². The van der Waals surface area contributed by atoms with Gasteiger partial charge in [0.2, 0.25) is 10.0 Å². The maximum absolute atomic E-state index is 12.8. The van der Waals surface area contributed by atoms with Gasteiger partial charge in [-0.3, -0.25) is 14.7 Å². The molecule has 1 fully saturated rings. The van der Waals surface area contributed by atoms with E-state index in [9.17, 15) is 28.2 Å². The Hall–Kier alpha value is -3.96. The summed E-state index contributed by atoms with van der Waals surface area (Å²) in [4.78, 5) is 37.4. The number of aliphatic hydroxyl groups is 2. The fourth-order valence-electron chi connectivity index (χ4n) is 4.32. The summed E-state index contributed by atoms with van der Waals surface area (Å²) in [6.07, 6.45) is 0.561. The van der Waals surface area contributed by atoms with Crippen LogP contribution in [0, 0.1) is 0 Å². The van der Waals surface area contributed by atoms with Crippen molar-refractivity contribution in [3.8, 4) is 0 Å². The maximum atomic E-state index is 12.8. The summed E-state index contributed by atoms with van der Waals surface area (Å²) in [6.45, 7) is 2.60. The molecule has 0 bridgehead atoms. The van der Waals surface area contributed by atoms with Crippen molar-refractivity contribution in [2.45, 2.75) is 36.4 Å². The molecular formula is C23H26N8O7S. The SMILES string of the molecule is CCNC(=O)[C@H]1OC(n2cnc3c(NC(=O)Nc4cccc(S(=O)(=O)N5CC=CC5)c4)ncnc32)C(O)C1O. The highest BCUT2D eigenvalue weighted by molar-refractivity contribution is 7.89. The van der Waals surface area contributed by atoms with Gasteiger partial charge in [-0.15, -0.1) is 0 Å². The number of likely N-dealkylation sites (N-methyl/N-ethyl adjacent to an activating group) is 1. The Kier molecular flexibility index (Phi) is 7.28. The van der Waals surface area contributed by atoms with E-state index in [0.29, 0.717) is 6.54 Å². The van der Waals surface area contributed by atoms with Crippen molar-refractivity contribution >= 4 is 44.6 Å². The summed E-state index contributed by atoms with van der Waals surface area (Å²) < 4.78 is 33.9. The predicted molar refractivity (Wildman–Crippen MR) is 137 cm³/mol. The molecule has 0 saturated carbocycles. The number of fused-ring (bicyclic) bond motifs is 1. The van der Waals surface area contributed by atoms with Crippen LogP contribution in [0.3, 0.4) is 0 Å². The largest absolute Gasteiger partial charge is 0.387 e. The van der Waals surface area contributed by atoms with Crippen molar-refractivity contribution in [2.24, 2.45) is 0 Å². The lowest BCUT2D eigenvalue weighted by molar-refractivity contribution is -0.137. The molecule has 1 aromatic carbocycles. The summed E-state index contributed by atoms with van der Waals surface area (Å²) in [5, 5.41) is 28.5. The van der Waals surface area contributed by atoms with Gasteiger partial charge in [-0.05, 0) is 25.1 Å². The van der Waals surface area contributed by atoms with Gasteiger partial charge in [0.15, 0.2) is 29.3 Å². The Morgan fingerprint density at radius 2 is 1.87 bits per heavy atom. The Bertz CT molecular complexity index is 1530. The van der Waals surface area contributed by atoms with E-state index >= 15 is 0 Å². The quantitative estimate of drug-likeness (QED) is 0.242. The zero-order chi connectivity index (χ0) is 27.7. The van der Waals surface area contributed by atoms with Gasteiger partial charge in [-0.25, -0.2) is 28.2 Å². The highest BCUT2D eigenvalue weighted by Gasteiger charge is 2.47. The third-order valence-corrected chi connectivity index (χ3v) is 8.05. The lowest BCUT2D eigenvalue weighted by Crippen LogP contribution is -2.42. The summed E-state index contributed by atoms with van der Waals surface area (Å²) in [5.41, 5.74) is 0.557. The van der Waals surface area contributed by atoms with Gasteiger partial charge in [0.1, 0.15) is 18.5 Å². The molecule has 2 aliphatic rings. The molecule has 4 heterocycles. The van der Waals surface area contributed by atoms with Crippen molar-refractivity contribution in [3.63, 3.8) is 0 Å². The lowest BCUT2D eigenvalue weighted by atomic mass is 10.1. The van der Waals surface area contributed by atoms with Crippen LogP contribution in [-0.2, 0) is 19.6 Å². The molecule has 206 valence electrons. The Morgan fingerprint density at radius 1 is 1.10 bits per heavy atom. The molecule has 16 heteroatoms. The number of amides is 3. The molecule has 3 aromatic rings. The van der Waals surface area contributed by atoms with Crippen molar-refractivity contribution in [3.05, 3.63) is 49.1 Å². The minimum absolute atomic E-state index is 0.0245. The zero-order valence-corrected chi connectivity index (χ0v) is 21.4. The number of aromatic nitrogens is 4. The number of rotatable bonds is 7. The number of imidazole rings is 1. The van der Waals surface area contributed by atoms with Crippen molar-refractivity contribution in [1.82, 2.24) is 29.1 Å². The van der Waals surface area contributed by atoms with Crippen LogP contribution in [0.4, 0.5) is 16.3 Å². The van der Waals surface area contributed by atoms with Crippen LogP contribution < -0.4 is 16.0 Å². The highest BCUT2D eigenvalue weighted by atomic mass is 32.2. The summed E-state index contributed by atoms with van der Waals surface area (Å²) >= 11 is 0. The number of aliphatic hydroxyl groups excluding tert-OH is 2. The van der Waals surface area contributed by atoms with Crippen molar-refractivity contribution in [1.29, 1.82) is 0 Å². The molecule has 1 saturated heterocycles. The van der Waals surface area contributed by atoms with E-state index in [4.69, 9.17) is 4.74 Å². The molecule has 5 rings (SSSR count). The second kappa shape index (κ2) is 10.7. The minimum atomic E-state index is -3.72. The monoisotopic (exact) mass is 558 g/mol. The molecule has 3 unspecified atom stereocenters. The normalized spacial score (nSPS) is 23.3. The first kappa shape index (κ1) is 26.6. The topological polar surface area (TPSA) is 201 Å². The number of hydrogen-bond donors (Lipinski definition) is 5. The number of benzene rings is 1. The lowest BCUT2D eigenvalue weighted by Gasteiger charge is -2.16. The Morgan fingerprint density at radius 3 is 2.62 bits per heavy atom. The average Bonchev–Trinajstić information content (AvgIpc) is 3.66. The molecule has 0 aliphatic carbocycles. The second-order valence-electron chi connectivity index (χ2n) is 8.77. The van der Waals surface area contributed by atoms with E-state index in [-0.39, 0.29) is 40.7 Å². The van der Waals surface area contributed by atoms with E-state index in [1.807, 2.05) is 0 Å². The first-order chi connectivity index (χ1) is 18.7. The zero-order valence-electron chi connectivity index (χ0n) is 20.6. The van der Waals surface area contributed by atoms with Gasteiger partial charge >= 0.3 is 6.03 Å². The number of ether oxygens (including phenoxy) is 1. The van der Waals surface area contributed by atoms with E-state index in [1.54, 1.807) is 25.1 Å². The summed E-state index contributed by atoms with van der Waals surface area (Å²) in [6, 6.07) is 5.15. The molecule has 3 amide bonds. The molecule has 4 atom stereocenters. The number of carbonyl (C=O) groups excluding carboxylic acids is 2. The first-order valence-electron chi connectivity index (χ1n) is 12.0. The third kappa shape index (κ3) is 5.07. The van der Waals surface area contributed by atoms with Crippen LogP contribution in [0.15, 0.2) is 54.0 Å². The molecule has 0 spiro atoms. The summed E-state index contributed by atoms with van der Waals surface area (Å²) in [5.74, 6) is -0.546. The molecule has 5 N–H and O–H groups in total. The molecule has 15 nitrogen and oxygen atoms in total. The first-order valence-corrected chi connectivity index (χ1v) is 13.4. The second-order valence-corrected chi connectivity index (χ2v) is 10.7. The molecule has 0 radical (unpaired) electrons. The fraction of sp³-hybridized carbons (Fsp3) is 0.348. The van der Waals surface area contributed by atoms with Gasteiger partial charge in [0, 0.05) is 25.3 Å². The Balaban J connectivity index is 1.32.